The summed E-state index contributed by atoms with van der Waals surface area (Å²) in [5.41, 5.74) is 4.38. The van der Waals surface area contributed by atoms with Crippen LogP contribution in [0.2, 0.25) is 5.02 Å². The first-order chi connectivity index (χ1) is 15.0. The summed E-state index contributed by atoms with van der Waals surface area (Å²) in [5.74, 6) is 1.44. The lowest BCUT2D eigenvalue weighted by Crippen LogP contribution is -1.98. The van der Waals surface area contributed by atoms with E-state index in [0.717, 1.165) is 27.6 Å². The number of rotatable bonds is 4. The number of halogens is 1. The van der Waals surface area contributed by atoms with Crippen LogP contribution >= 0.6 is 11.6 Å². The number of nitrogens with zero attached hydrogens (tertiary/aromatic N) is 1. The Bertz CT molecular complexity index is 1370. The number of aromatic nitrogens is 1. The Hall–Kier alpha value is -3.50. The topological polar surface area (TPSA) is 40.5 Å². The van der Waals surface area contributed by atoms with Gasteiger partial charge in [-0.3, -0.25) is 4.79 Å². The van der Waals surface area contributed by atoms with Crippen LogP contribution in [0, 0.1) is 6.92 Å². The van der Waals surface area contributed by atoms with Gasteiger partial charge in [0.2, 0.25) is 5.78 Å². The Kier molecular flexibility index (Phi) is 4.79. The summed E-state index contributed by atoms with van der Waals surface area (Å²) in [4.78, 5) is 13.0. The minimum absolute atomic E-state index is 0.118. The van der Waals surface area contributed by atoms with Gasteiger partial charge < -0.3 is 14.0 Å². The third kappa shape index (κ3) is 3.49. The highest BCUT2D eigenvalue weighted by molar-refractivity contribution is 6.30. The fourth-order valence-corrected chi connectivity index (χ4v) is 4.15. The molecule has 2 heterocycles. The Morgan fingerprint density at radius 1 is 1.10 bits per heavy atom. The molecule has 3 aromatic carbocycles. The molecule has 0 N–H and O–H groups in total. The average Bonchev–Trinajstić information content (AvgIpc) is 3.26. The summed E-state index contributed by atoms with van der Waals surface area (Å²) >= 11 is 6.05. The molecule has 0 saturated carbocycles. The lowest BCUT2D eigenvalue weighted by Gasteiger charge is -2.11. The van der Waals surface area contributed by atoms with Crippen LogP contribution in [0.1, 0.15) is 27.0 Å². The minimum Gasteiger partial charge on any atom is -0.488 e. The van der Waals surface area contributed by atoms with E-state index in [9.17, 15) is 4.79 Å². The molecule has 1 aliphatic rings. The monoisotopic (exact) mass is 429 g/mol. The van der Waals surface area contributed by atoms with E-state index in [1.165, 1.54) is 0 Å². The summed E-state index contributed by atoms with van der Waals surface area (Å²) in [6, 6.07) is 19.2. The molecule has 5 heteroatoms. The number of carbonyl (C=O) groups is 1. The van der Waals surface area contributed by atoms with Crippen LogP contribution in [-0.2, 0) is 13.7 Å². The molecule has 4 aromatic rings. The molecule has 154 valence electrons. The number of para-hydroxylation sites is 1. The van der Waals surface area contributed by atoms with Gasteiger partial charge in [0.1, 0.15) is 18.1 Å². The zero-order valence-corrected chi connectivity index (χ0v) is 17.9. The molecule has 0 spiro atoms. The van der Waals surface area contributed by atoms with Gasteiger partial charge in [-0.25, -0.2) is 0 Å². The molecule has 0 fully saturated rings. The zero-order valence-electron chi connectivity index (χ0n) is 17.2. The minimum atomic E-state index is -0.118. The number of allylic oxidation sites excluding steroid dienone is 1. The molecule has 31 heavy (non-hydrogen) atoms. The molecular formula is C26H20ClNO3. The molecule has 0 amide bonds. The SMILES string of the molecule is Cc1c(OCc2cccc(Cl)c2)ccc2c1OC(=Cc1cn(C)c3ccccc13)C2=O. The number of Topliss-reactive ketones (excluding diaryl/α,β-unsaturated/α-hetero) is 1. The lowest BCUT2D eigenvalue weighted by molar-refractivity contribution is 0.101. The van der Waals surface area contributed by atoms with Crippen molar-refractivity contribution in [2.24, 2.45) is 7.05 Å². The van der Waals surface area contributed by atoms with Crippen molar-refractivity contribution in [2.45, 2.75) is 13.5 Å². The Balaban J connectivity index is 1.44. The second-order valence-corrected chi connectivity index (χ2v) is 8.07. The fourth-order valence-electron chi connectivity index (χ4n) is 3.94. The van der Waals surface area contributed by atoms with Crippen molar-refractivity contribution in [3.63, 3.8) is 0 Å². The number of carbonyl (C=O) groups excluding carboxylic acids is 1. The molecule has 0 atom stereocenters. The highest BCUT2D eigenvalue weighted by Crippen LogP contribution is 2.40. The number of aryl methyl sites for hydroxylation is 1. The number of hydrogen-bond acceptors (Lipinski definition) is 3. The molecule has 0 saturated heterocycles. The quantitative estimate of drug-likeness (QED) is 0.355. The van der Waals surface area contributed by atoms with E-state index in [0.29, 0.717) is 34.5 Å². The van der Waals surface area contributed by atoms with Crippen LogP contribution < -0.4 is 9.47 Å². The predicted molar refractivity (Wildman–Crippen MR) is 123 cm³/mol. The molecule has 5 rings (SSSR count). The molecule has 4 nitrogen and oxygen atoms in total. The average molecular weight is 430 g/mol. The maximum atomic E-state index is 13.0. The lowest BCUT2D eigenvalue weighted by atomic mass is 10.1. The molecule has 0 aliphatic carbocycles. The summed E-state index contributed by atoms with van der Waals surface area (Å²) in [6.45, 7) is 2.28. The van der Waals surface area contributed by atoms with E-state index in [4.69, 9.17) is 21.1 Å². The van der Waals surface area contributed by atoms with Gasteiger partial charge in [-0.05, 0) is 48.9 Å². The molecule has 0 unspecified atom stereocenters. The van der Waals surface area contributed by atoms with E-state index in [2.05, 4.69) is 6.07 Å². The number of hydrogen-bond donors (Lipinski definition) is 0. The first-order valence-electron chi connectivity index (χ1n) is 10.0. The molecular weight excluding hydrogens is 410 g/mol. The first kappa shape index (κ1) is 19.5. The van der Waals surface area contributed by atoms with Crippen LogP contribution in [0.25, 0.3) is 17.0 Å². The summed E-state index contributed by atoms with van der Waals surface area (Å²) in [7, 11) is 1.99. The van der Waals surface area contributed by atoms with Crippen molar-refractivity contribution in [1.82, 2.24) is 4.57 Å². The van der Waals surface area contributed by atoms with Gasteiger partial charge in [0.15, 0.2) is 5.76 Å². The van der Waals surface area contributed by atoms with E-state index >= 15 is 0 Å². The first-order valence-corrected chi connectivity index (χ1v) is 10.4. The highest BCUT2D eigenvalue weighted by Gasteiger charge is 2.30. The van der Waals surface area contributed by atoms with Crippen molar-refractivity contribution in [1.29, 1.82) is 0 Å². The normalized spacial score (nSPS) is 14.2. The number of ketones is 1. The molecule has 1 aromatic heterocycles. The van der Waals surface area contributed by atoms with Gasteiger partial charge in [-0.15, -0.1) is 0 Å². The number of benzene rings is 3. The maximum Gasteiger partial charge on any atom is 0.231 e. The van der Waals surface area contributed by atoms with Crippen molar-refractivity contribution in [3.8, 4) is 11.5 Å². The van der Waals surface area contributed by atoms with Crippen LogP contribution in [0.15, 0.2) is 72.6 Å². The standard InChI is InChI=1S/C26H20ClNO3/c1-16-23(30-15-17-6-5-7-19(27)12-17)11-10-21-25(29)24(31-26(16)21)13-18-14-28(2)22-9-4-3-8-20(18)22/h3-14H,15H2,1-2H3. The third-order valence-corrected chi connectivity index (χ3v) is 5.77. The highest BCUT2D eigenvalue weighted by atomic mass is 35.5. The molecule has 0 bridgehead atoms. The summed E-state index contributed by atoms with van der Waals surface area (Å²) in [6.07, 6.45) is 3.82. The number of ether oxygens (including phenoxy) is 2. The van der Waals surface area contributed by atoms with Gasteiger partial charge >= 0.3 is 0 Å². The maximum absolute atomic E-state index is 13.0. The van der Waals surface area contributed by atoms with Gasteiger partial charge in [-0.2, -0.15) is 0 Å². The van der Waals surface area contributed by atoms with Gasteiger partial charge in [0, 0.05) is 40.3 Å². The van der Waals surface area contributed by atoms with Crippen LogP contribution in [0.5, 0.6) is 11.5 Å². The second kappa shape index (κ2) is 7.64. The molecule has 0 radical (unpaired) electrons. The summed E-state index contributed by atoms with van der Waals surface area (Å²) in [5, 5.41) is 1.75. The van der Waals surface area contributed by atoms with Crippen molar-refractivity contribution >= 4 is 34.4 Å². The Morgan fingerprint density at radius 2 is 1.94 bits per heavy atom. The Morgan fingerprint density at radius 3 is 2.77 bits per heavy atom. The predicted octanol–water partition coefficient (Wildman–Crippen LogP) is 6.34. The van der Waals surface area contributed by atoms with E-state index < -0.39 is 0 Å². The van der Waals surface area contributed by atoms with E-state index in [1.54, 1.807) is 6.07 Å². The van der Waals surface area contributed by atoms with Crippen LogP contribution in [-0.4, -0.2) is 10.4 Å². The summed E-state index contributed by atoms with van der Waals surface area (Å²) < 4.78 is 14.0. The third-order valence-electron chi connectivity index (χ3n) is 5.53. The van der Waals surface area contributed by atoms with Gasteiger partial charge in [0.25, 0.3) is 0 Å². The zero-order chi connectivity index (χ0) is 21.5. The van der Waals surface area contributed by atoms with Crippen molar-refractivity contribution in [3.05, 3.63) is 99.9 Å². The second-order valence-electron chi connectivity index (χ2n) is 7.64. The van der Waals surface area contributed by atoms with Crippen LogP contribution in [0.4, 0.5) is 0 Å². The van der Waals surface area contributed by atoms with Crippen LogP contribution in [0.3, 0.4) is 0 Å². The van der Waals surface area contributed by atoms with E-state index in [-0.39, 0.29) is 5.78 Å². The largest absolute Gasteiger partial charge is 0.488 e. The smallest absolute Gasteiger partial charge is 0.231 e. The van der Waals surface area contributed by atoms with E-state index in [1.807, 2.05) is 79.3 Å². The number of fused-ring (bicyclic) bond motifs is 2. The van der Waals surface area contributed by atoms with Gasteiger partial charge in [0.05, 0.1) is 5.56 Å². The Labute approximate surface area is 185 Å². The van der Waals surface area contributed by atoms with Crippen molar-refractivity contribution in [2.75, 3.05) is 0 Å². The molecule has 1 aliphatic heterocycles. The van der Waals surface area contributed by atoms with Gasteiger partial charge in [-0.1, -0.05) is 41.9 Å². The fraction of sp³-hybridized carbons (Fsp3) is 0.115. The van der Waals surface area contributed by atoms with Crippen molar-refractivity contribution < 1.29 is 14.3 Å².